The van der Waals surface area contributed by atoms with E-state index in [1.807, 2.05) is 25.7 Å². The summed E-state index contributed by atoms with van der Waals surface area (Å²) in [5, 5.41) is 2.72. The Morgan fingerprint density at radius 1 is 1.43 bits per heavy atom. The first-order chi connectivity index (χ1) is 9.78. The maximum Gasteiger partial charge on any atom is 0.407 e. The van der Waals surface area contributed by atoms with Crippen molar-refractivity contribution in [1.82, 2.24) is 10.2 Å². The minimum atomic E-state index is -0.457. The minimum Gasteiger partial charge on any atom is -0.444 e. The summed E-state index contributed by atoms with van der Waals surface area (Å²) in [5.41, 5.74) is -0.457. The molecule has 5 nitrogen and oxygen atoms in total. The van der Waals surface area contributed by atoms with Crippen molar-refractivity contribution in [1.29, 1.82) is 0 Å². The van der Waals surface area contributed by atoms with Gasteiger partial charge in [-0.15, -0.1) is 0 Å². The van der Waals surface area contributed by atoms with Crippen molar-refractivity contribution >= 4 is 49.5 Å². The van der Waals surface area contributed by atoms with Gasteiger partial charge in [-0.25, -0.2) is 4.79 Å². The topological polar surface area (TPSA) is 58.6 Å². The average Bonchev–Trinajstić information content (AvgIpc) is 2.64. The molecule has 1 fully saturated rings. The van der Waals surface area contributed by atoms with Crippen LogP contribution in [0.5, 0.6) is 0 Å². The summed E-state index contributed by atoms with van der Waals surface area (Å²) < 4.78 is 5.14. The van der Waals surface area contributed by atoms with Crippen LogP contribution in [0.15, 0.2) is 0 Å². The van der Waals surface area contributed by atoms with Gasteiger partial charge in [0.2, 0.25) is 5.91 Å². The lowest BCUT2D eigenvalue weighted by Gasteiger charge is -2.19. The van der Waals surface area contributed by atoms with E-state index >= 15 is 0 Å². The van der Waals surface area contributed by atoms with Crippen LogP contribution < -0.4 is 5.32 Å². The molecule has 0 saturated carbocycles. The van der Waals surface area contributed by atoms with Gasteiger partial charge in [-0.3, -0.25) is 4.79 Å². The van der Waals surface area contributed by atoms with E-state index in [2.05, 4.69) is 21.2 Å². The summed E-state index contributed by atoms with van der Waals surface area (Å²) in [6.45, 7) is 7.71. The second kappa shape index (κ2) is 9.15. The highest BCUT2D eigenvalue weighted by Gasteiger charge is 2.26. The van der Waals surface area contributed by atoms with Crippen molar-refractivity contribution in [2.75, 3.05) is 31.1 Å². The van der Waals surface area contributed by atoms with Crippen LogP contribution in [-0.4, -0.2) is 58.5 Å². The molecule has 1 atom stereocenters. The highest BCUT2D eigenvalue weighted by molar-refractivity contribution is 9.09. The number of alkyl halides is 1. The van der Waals surface area contributed by atoms with Crippen LogP contribution in [0.3, 0.4) is 0 Å². The predicted octanol–water partition coefficient (Wildman–Crippen LogP) is 2.89. The van der Waals surface area contributed by atoms with Gasteiger partial charge in [0.05, 0.1) is 0 Å². The molecule has 0 aromatic rings. The van der Waals surface area contributed by atoms with Crippen molar-refractivity contribution in [2.24, 2.45) is 0 Å². The van der Waals surface area contributed by atoms with E-state index in [-0.39, 0.29) is 12.0 Å². The first kappa shape index (κ1) is 19.0. The predicted molar refractivity (Wildman–Crippen MR) is 93.1 cm³/mol. The standard InChI is InChI=1S/C13H23BrN2O3S2/c1-13(2,3)19-12(18)15-4-6-20-21-7-5-16-9-10(14)8-11(16)17/h10H,4-9H2,1-3H3,(H,15,18). The summed E-state index contributed by atoms with van der Waals surface area (Å²) in [7, 11) is 3.42. The number of carbonyl (C=O) groups excluding carboxylic acids is 2. The summed E-state index contributed by atoms with van der Waals surface area (Å²) >= 11 is 3.47. The lowest BCUT2D eigenvalue weighted by atomic mass is 10.2. The van der Waals surface area contributed by atoms with Gasteiger partial charge in [-0.05, 0) is 20.8 Å². The normalized spacial score (nSPS) is 19.0. The van der Waals surface area contributed by atoms with E-state index in [9.17, 15) is 9.59 Å². The SMILES string of the molecule is CC(C)(C)OC(=O)NCCSSCCN1CC(Br)CC1=O. The highest BCUT2D eigenvalue weighted by atomic mass is 79.9. The van der Waals surface area contributed by atoms with Gasteiger partial charge >= 0.3 is 6.09 Å². The average molecular weight is 399 g/mol. The summed E-state index contributed by atoms with van der Waals surface area (Å²) in [4.78, 5) is 25.1. The molecule has 0 aromatic carbocycles. The third kappa shape index (κ3) is 8.83. The van der Waals surface area contributed by atoms with Gasteiger partial charge in [0.15, 0.2) is 0 Å². The zero-order valence-electron chi connectivity index (χ0n) is 12.7. The van der Waals surface area contributed by atoms with Crippen LogP contribution in [0.2, 0.25) is 0 Å². The lowest BCUT2D eigenvalue weighted by molar-refractivity contribution is -0.127. The van der Waals surface area contributed by atoms with E-state index in [0.29, 0.717) is 17.8 Å². The molecule has 1 N–H and O–H groups in total. The van der Waals surface area contributed by atoms with Crippen molar-refractivity contribution in [3.05, 3.63) is 0 Å². The molecule has 1 aliphatic rings. The fourth-order valence-electron chi connectivity index (χ4n) is 1.71. The van der Waals surface area contributed by atoms with Gasteiger partial charge < -0.3 is 15.0 Å². The summed E-state index contributed by atoms with van der Waals surface area (Å²) in [6.07, 6.45) is 0.233. The molecule has 0 radical (unpaired) electrons. The molecule has 0 bridgehead atoms. The quantitative estimate of drug-likeness (QED) is 0.405. The molecule has 0 spiro atoms. The smallest absolute Gasteiger partial charge is 0.407 e. The molecular formula is C13H23BrN2O3S2. The lowest BCUT2D eigenvalue weighted by Crippen LogP contribution is -2.33. The van der Waals surface area contributed by atoms with Crippen LogP contribution >= 0.6 is 37.5 Å². The summed E-state index contributed by atoms with van der Waals surface area (Å²) in [5.74, 6) is 1.95. The van der Waals surface area contributed by atoms with Crippen molar-refractivity contribution in [2.45, 2.75) is 37.6 Å². The van der Waals surface area contributed by atoms with E-state index in [4.69, 9.17) is 4.74 Å². The fraction of sp³-hybridized carbons (Fsp3) is 0.846. The van der Waals surface area contributed by atoms with Gasteiger partial charge in [0.25, 0.3) is 0 Å². The number of nitrogens with zero attached hydrogens (tertiary/aromatic N) is 1. The van der Waals surface area contributed by atoms with E-state index in [1.54, 1.807) is 21.6 Å². The number of carbonyl (C=O) groups is 2. The molecule has 0 aliphatic carbocycles. The minimum absolute atomic E-state index is 0.231. The molecule has 0 aromatic heterocycles. The second-order valence-corrected chi connectivity index (χ2v) is 9.71. The number of likely N-dealkylation sites (tertiary alicyclic amines) is 1. The van der Waals surface area contributed by atoms with Gasteiger partial charge in [0, 0.05) is 42.4 Å². The Labute approximate surface area is 142 Å². The number of amides is 2. The second-order valence-electron chi connectivity index (χ2n) is 5.71. The molecular weight excluding hydrogens is 376 g/mol. The Bertz CT molecular complexity index is 364. The largest absolute Gasteiger partial charge is 0.444 e. The Balaban J connectivity index is 1.96. The molecule has 1 saturated heterocycles. The van der Waals surface area contributed by atoms with Crippen LogP contribution in [0.4, 0.5) is 4.79 Å². The third-order valence-corrected chi connectivity index (χ3v) is 5.55. The first-order valence-electron chi connectivity index (χ1n) is 6.91. The maximum absolute atomic E-state index is 11.6. The monoisotopic (exact) mass is 398 g/mol. The molecule has 2 amide bonds. The zero-order chi connectivity index (χ0) is 15.9. The molecule has 1 unspecified atom stereocenters. The Morgan fingerprint density at radius 2 is 2.10 bits per heavy atom. The van der Waals surface area contributed by atoms with Gasteiger partial charge in [-0.1, -0.05) is 37.5 Å². The molecule has 21 heavy (non-hydrogen) atoms. The molecule has 122 valence electrons. The summed E-state index contributed by atoms with van der Waals surface area (Å²) in [6, 6.07) is 0. The first-order valence-corrected chi connectivity index (χ1v) is 10.3. The number of hydrogen-bond acceptors (Lipinski definition) is 5. The molecule has 1 heterocycles. The van der Waals surface area contributed by atoms with Crippen molar-refractivity contribution in [3.63, 3.8) is 0 Å². The zero-order valence-corrected chi connectivity index (χ0v) is 15.9. The third-order valence-electron chi connectivity index (χ3n) is 2.55. The molecule has 8 heteroatoms. The Hall–Kier alpha value is -0.0800. The van der Waals surface area contributed by atoms with Crippen LogP contribution in [-0.2, 0) is 9.53 Å². The number of halogens is 1. The van der Waals surface area contributed by atoms with Crippen LogP contribution in [0, 0.1) is 0 Å². The number of hydrogen-bond donors (Lipinski definition) is 1. The van der Waals surface area contributed by atoms with Crippen molar-refractivity contribution in [3.8, 4) is 0 Å². The van der Waals surface area contributed by atoms with Gasteiger partial charge in [0.1, 0.15) is 5.60 Å². The Kier molecular flexibility index (Phi) is 8.26. The molecule has 1 rings (SSSR count). The number of ether oxygens (including phenoxy) is 1. The van der Waals surface area contributed by atoms with Gasteiger partial charge in [-0.2, -0.15) is 0 Å². The fourth-order valence-corrected chi connectivity index (χ4v) is 4.24. The van der Waals surface area contributed by atoms with E-state index < -0.39 is 5.60 Å². The van der Waals surface area contributed by atoms with E-state index in [0.717, 1.165) is 24.6 Å². The number of rotatable bonds is 7. The Morgan fingerprint density at radius 3 is 2.67 bits per heavy atom. The van der Waals surface area contributed by atoms with Crippen LogP contribution in [0.1, 0.15) is 27.2 Å². The highest BCUT2D eigenvalue weighted by Crippen LogP contribution is 2.23. The van der Waals surface area contributed by atoms with Crippen molar-refractivity contribution < 1.29 is 14.3 Å². The van der Waals surface area contributed by atoms with Crippen LogP contribution in [0.25, 0.3) is 0 Å². The number of alkyl carbamates (subject to hydrolysis) is 1. The maximum atomic E-state index is 11.6. The van der Waals surface area contributed by atoms with E-state index in [1.165, 1.54) is 0 Å². The number of nitrogens with one attached hydrogen (secondary N) is 1. The molecule has 1 aliphatic heterocycles.